The number of fused-ring (bicyclic) bond motifs is 1. The third-order valence-electron chi connectivity index (χ3n) is 4.43. The molecule has 0 aliphatic carbocycles. The van der Waals surface area contributed by atoms with E-state index >= 15 is 0 Å². The summed E-state index contributed by atoms with van der Waals surface area (Å²) in [6.45, 7) is 7.23. The highest BCUT2D eigenvalue weighted by molar-refractivity contribution is 5.15. The molecule has 1 N–H and O–H groups in total. The number of benzene rings is 1. The smallest absolute Gasteiger partial charge is 0.0261 e. The minimum absolute atomic E-state index is 0.507. The van der Waals surface area contributed by atoms with Gasteiger partial charge in [0.2, 0.25) is 0 Å². The number of piperidine rings is 1. The van der Waals surface area contributed by atoms with Crippen LogP contribution in [-0.4, -0.2) is 30.6 Å². The van der Waals surface area contributed by atoms with Gasteiger partial charge in [0.25, 0.3) is 0 Å². The third kappa shape index (κ3) is 2.24. The van der Waals surface area contributed by atoms with Gasteiger partial charge in [-0.3, -0.25) is 4.90 Å². The van der Waals surface area contributed by atoms with Crippen LogP contribution in [0.2, 0.25) is 0 Å². The van der Waals surface area contributed by atoms with Crippen molar-refractivity contribution >= 4 is 0 Å². The monoisotopic (exact) mass is 230 g/mol. The van der Waals surface area contributed by atoms with Crippen molar-refractivity contribution in [1.82, 2.24) is 10.2 Å². The molecule has 2 heteroatoms. The summed E-state index contributed by atoms with van der Waals surface area (Å²) in [4.78, 5) is 2.61. The summed E-state index contributed by atoms with van der Waals surface area (Å²) in [6.07, 6.45) is 2.72. The Balaban J connectivity index is 1.67. The normalized spacial score (nSPS) is 33.6. The van der Waals surface area contributed by atoms with Gasteiger partial charge < -0.3 is 5.32 Å². The lowest BCUT2D eigenvalue weighted by Gasteiger charge is -2.35. The summed E-state index contributed by atoms with van der Waals surface area (Å²) < 4.78 is 0. The van der Waals surface area contributed by atoms with E-state index in [-0.39, 0.29) is 0 Å². The highest BCUT2D eigenvalue weighted by Gasteiger charge is 2.43. The molecule has 0 radical (unpaired) electrons. The highest BCUT2D eigenvalue weighted by atomic mass is 15.2. The van der Waals surface area contributed by atoms with Crippen LogP contribution in [0.15, 0.2) is 30.3 Å². The Morgan fingerprint density at radius 3 is 2.94 bits per heavy atom. The number of nitrogens with zero attached hydrogens (tertiary/aromatic N) is 1. The molecule has 17 heavy (non-hydrogen) atoms. The Hall–Kier alpha value is -0.860. The molecule has 2 fully saturated rings. The van der Waals surface area contributed by atoms with Gasteiger partial charge in [-0.2, -0.15) is 0 Å². The van der Waals surface area contributed by atoms with Crippen LogP contribution in [0.4, 0.5) is 0 Å². The molecule has 1 aromatic carbocycles. The predicted molar refractivity (Wildman–Crippen MR) is 70.9 cm³/mol. The molecule has 0 spiro atoms. The average molecular weight is 230 g/mol. The molecular weight excluding hydrogens is 208 g/mol. The predicted octanol–water partition coefficient (Wildman–Crippen LogP) is 2.26. The van der Waals surface area contributed by atoms with Crippen molar-refractivity contribution in [3.8, 4) is 0 Å². The molecule has 0 saturated carbocycles. The van der Waals surface area contributed by atoms with E-state index in [1.54, 1.807) is 0 Å². The zero-order valence-electron chi connectivity index (χ0n) is 10.7. The Bertz CT molecular complexity index is 376. The molecule has 1 aromatic rings. The molecule has 3 rings (SSSR count). The lowest BCUT2D eigenvalue weighted by Crippen LogP contribution is -2.47. The molecular formula is C15H22N2. The highest BCUT2D eigenvalue weighted by Crippen LogP contribution is 2.37. The van der Waals surface area contributed by atoms with Crippen molar-refractivity contribution in [3.63, 3.8) is 0 Å². The molecule has 0 amide bonds. The van der Waals surface area contributed by atoms with E-state index in [0.29, 0.717) is 11.5 Å². The molecule has 2 atom stereocenters. The molecule has 0 aromatic heterocycles. The number of hydrogen-bond acceptors (Lipinski definition) is 2. The van der Waals surface area contributed by atoms with Gasteiger partial charge in [0.1, 0.15) is 0 Å². The molecule has 2 unspecified atom stereocenters. The molecule has 2 aliphatic rings. The van der Waals surface area contributed by atoms with Gasteiger partial charge in [0, 0.05) is 25.7 Å². The summed E-state index contributed by atoms with van der Waals surface area (Å²) in [5.41, 5.74) is 1.95. The topological polar surface area (TPSA) is 15.3 Å². The standard InChI is InChI=1S/C15H22N2/c1-15-8-5-9-16-14(15)11-17(12-15)10-13-6-3-2-4-7-13/h2-4,6-7,14,16H,5,8-12H2,1H3. The minimum atomic E-state index is 0.507. The first-order chi connectivity index (χ1) is 8.26. The van der Waals surface area contributed by atoms with Gasteiger partial charge in [-0.05, 0) is 30.4 Å². The van der Waals surface area contributed by atoms with Crippen molar-refractivity contribution in [2.75, 3.05) is 19.6 Å². The fraction of sp³-hybridized carbons (Fsp3) is 0.600. The van der Waals surface area contributed by atoms with Crippen LogP contribution in [-0.2, 0) is 6.54 Å². The molecule has 2 aliphatic heterocycles. The van der Waals surface area contributed by atoms with Crippen LogP contribution in [0, 0.1) is 5.41 Å². The van der Waals surface area contributed by atoms with Crippen LogP contribution in [0.25, 0.3) is 0 Å². The number of nitrogens with one attached hydrogen (secondary N) is 1. The molecule has 2 heterocycles. The third-order valence-corrected chi connectivity index (χ3v) is 4.43. The SMILES string of the molecule is CC12CCCNC1CN(Cc1ccccc1)C2. The molecule has 2 nitrogen and oxygen atoms in total. The number of rotatable bonds is 2. The van der Waals surface area contributed by atoms with Crippen molar-refractivity contribution in [3.05, 3.63) is 35.9 Å². The first-order valence-electron chi connectivity index (χ1n) is 6.76. The van der Waals surface area contributed by atoms with Crippen molar-refractivity contribution in [2.24, 2.45) is 5.41 Å². The minimum Gasteiger partial charge on any atom is -0.312 e. The van der Waals surface area contributed by atoms with Crippen LogP contribution in [0.5, 0.6) is 0 Å². The first kappa shape index (κ1) is 11.2. The fourth-order valence-electron chi connectivity index (χ4n) is 3.46. The van der Waals surface area contributed by atoms with E-state index in [4.69, 9.17) is 0 Å². The second-order valence-corrected chi connectivity index (χ2v) is 5.92. The van der Waals surface area contributed by atoms with Gasteiger partial charge in [0.15, 0.2) is 0 Å². The van der Waals surface area contributed by atoms with E-state index < -0.39 is 0 Å². The first-order valence-corrected chi connectivity index (χ1v) is 6.76. The maximum Gasteiger partial charge on any atom is 0.0261 e. The van der Waals surface area contributed by atoms with Gasteiger partial charge in [-0.25, -0.2) is 0 Å². The summed E-state index contributed by atoms with van der Waals surface area (Å²) in [5, 5.41) is 3.70. The number of likely N-dealkylation sites (tertiary alicyclic amines) is 1. The van der Waals surface area contributed by atoms with Crippen molar-refractivity contribution in [1.29, 1.82) is 0 Å². The Morgan fingerprint density at radius 1 is 1.35 bits per heavy atom. The van der Waals surface area contributed by atoms with E-state index in [9.17, 15) is 0 Å². The summed E-state index contributed by atoms with van der Waals surface area (Å²) in [6, 6.07) is 11.5. The quantitative estimate of drug-likeness (QED) is 0.838. The van der Waals surface area contributed by atoms with Gasteiger partial charge in [0.05, 0.1) is 0 Å². The zero-order chi connectivity index (χ0) is 11.7. The average Bonchev–Trinajstić information content (AvgIpc) is 2.66. The Kier molecular flexibility index (Phi) is 2.93. The van der Waals surface area contributed by atoms with Gasteiger partial charge in [-0.1, -0.05) is 37.3 Å². The zero-order valence-corrected chi connectivity index (χ0v) is 10.7. The van der Waals surface area contributed by atoms with E-state index in [2.05, 4.69) is 47.5 Å². The lowest BCUT2D eigenvalue weighted by atomic mass is 9.78. The van der Waals surface area contributed by atoms with Crippen molar-refractivity contribution < 1.29 is 0 Å². The second kappa shape index (κ2) is 4.43. The molecule has 2 saturated heterocycles. The maximum atomic E-state index is 3.70. The Labute approximate surface area is 104 Å². The Morgan fingerprint density at radius 2 is 2.18 bits per heavy atom. The van der Waals surface area contributed by atoms with Crippen LogP contribution >= 0.6 is 0 Å². The second-order valence-electron chi connectivity index (χ2n) is 5.92. The van der Waals surface area contributed by atoms with Gasteiger partial charge >= 0.3 is 0 Å². The summed E-state index contributed by atoms with van der Waals surface area (Å²) >= 11 is 0. The van der Waals surface area contributed by atoms with E-state index in [1.807, 2.05) is 0 Å². The molecule has 0 bridgehead atoms. The molecule has 92 valence electrons. The van der Waals surface area contributed by atoms with Crippen LogP contribution in [0.1, 0.15) is 25.3 Å². The number of hydrogen-bond donors (Lipinski definition) is 1. The van der Waals surface area contributed by atoms with Crippen molar-refractivity contribution in [2.45, 2.75) is 32.4 Å². The summed E-state index contributed by atoms with van der Waals surface area (Å²) in [7, 11) is 0. The largest absolute Gasteiger partial charge is 0.312 e. The van der Waals surface area contributed by atoms with Crippen LogP contribution in [0.3, 0.4) is 0 Å². The lowest BCUT2D eigenvalue weighted by molar-refractivity contribution is 0.200. The maximum absolute atomic E-state index is 3.70. The van der Waals surface area contributed by atoms with E-state index in [1.165, 1.54) is 38.0 Å². The summed E-state index contributed by atoms with van der Waals surface area (Å²) in [5.74, 6) is 0. The fourth-order valence-corrected chi connectivity index (χ4v) is 3.46. The van der Waals surface area contributed by atoms with E-state index in [0.717, 1.165) is 6.54 Å². The van der Waals surface area contributed by atoms with Gasteiger partial charge in [-0.15, -0.1) is 0 Å². The van der Waals surface area contributed by atoms with Crippen LogP contribution < -0.4 is 5.32 Å².